The summed E-state index contributed by atoms with van der Waals surface area (Å²) in [5.74, 6) is -0.465. The molecular weight excluding hydrogens is 314 g/mol. The molecular formula is C20H31N3O2. The molecule has 0 spiro atoms. The first-order valence-electron chi connectivity index (χ1n) is 9.55. The van der Waals surface area contributed by atoms with Crippen LogP contribution in [0.1, 0.15) is 71.1 Å². The summed E-state index contributed by atoms with van der Waals surface area (Å²) in [6.07, 6.45) is 10.9. The molecule has 0 bridgehead atoms. The molecule has 5 heteroatoms. The maximum absolute atomic E-state index is 12.6. The number of anilines is 3. The van der Waals surface area contributed by atoms with Crippen LogP contribution in [0, 0.1) is 5.92 Å². The molecule has 0 aromatic heterocycles. The predicted molar refractivity (Wildman–Crippen MR) is 103 cm³/mol. The number of carbonyl (C=O) groups excluding carboxylic acids is 2. The summed E-state index contributed by atoms with van der Waals surface area (Å²) < 4.78 is 0. The standard InChI is InChI=1S/C20H31N3O2/c1-2-3-4-5-6-7-8-9-10-15-11-19(24)23(20(15)25)18-13-16(21)12-17(22)14-18/h12-15H,2-11,21-22H2,1H3. The lowest BCUT2D eigenvalue weighted by Crippen LogP contribution is -2.30. The zero-order valence-corrected chi connectivity index (χ0v) is 15.3. The molecule has 0 radical (unpaired) electrons. The van der Waals surface area contributed by atoms with Gasteiger partial charge < -0.3 is 11.5 Å². The number of nitrogens with two attached hydrogens (primary N) is 2. The molecule has 25 heavy (non-hydrogen) atoms. The minimum absolute atomic E-state index is 0.113. The second-order valence-electron chi connectivity index (χ2n) is 7.09. The van der Waals surface area contributed by atoms with E-state index in [1.807, 2.05) is 0 Å². The van der Waals surface area contributed by atoms with Crippen molar-refractivity contribution in [1.82, 2.24) is 0 Å². The third-order valence-electron chi connectivity index (χ3n) is 4.87. The molecule has 1 aromatic carbocycles. The first-order chi connectivity index (χ1) is 12.0. The minimum Gasteiger partial charge on any atom is -0.399 e. The van der Waals surface area contributed by atoms with Crippen LogP contribution in [0.5, 0.6) is 0 Å². The second kappa shape index (κ2) is 9.44. The number of hydrogen-bond donors (Lipinski definition) is 2. The van der Waals surface area contributed by atoms with E-state index in [9.17, 15) is 9.59 Å². The number of nitrogen functional groups attached to an aromatic ring is 2. The van der Waals surface area contributed by atoms with Gasteiger partial charge in [-0.05, 0) is 24.6 Å². The van der Waals surface area contributed by atoms with Crippen LogP contribution in [0.25, 0.3) is 0 Å². The lowest BCUT2D eigenvalue weighted by atomic mass is 9.98. The number of unbranched alkanes of at least 4 members (excludes halogenated alkanes) is 7. The van der Waals surface area contributed by atoms with Crippen molar-refractivity contribution in [2.24, 2.45) is 5.92 Å². The third kappa shape index (κ3) is 5.48. The lowest BCUT2D eigenvalue weighted by Gasteiger charge is -2.16. The highest BCUT2D eigenvalue weighted by molar-refractivity contribution is 6.21. The van der Waals surface area contributed by atoms with Crippen molar-refractivity contribution in [1.29, 1.82) is 0 Å². The summed E-state index contributed by atoms with van der Waals surface area (Å²) >= 11 is 0. The molecule has 5 nitrogen and oxygen atoms in total. The number of imide groups is 1. The molecule has 1 fully saturated rings. The number of hydrogen-bond acceptors (Lipinski definition) is 4. The van der Waals surface area contributed by atoms with Crippen molar-refractivity contribution in [2.45, 2.75) is 71.1 Å². The SMILES string of the molecule is CCCCCCCCCCC1CC(=O)N(c2cc(N)cc(N)c2)C1=O. The molecule has 0 saturated carbocycles. The Morgan fingerprint density at radius 2 is 1.48 bits per heavy atom. The highest BCUT2D eigenvalue weighted by Gasteiger charge is 2.39. The van der Waals surface area contributed by atoms with Crippen LogP contribution in [0.15, 0.2) is 18.2 Å². The van der Waals surface area contributed by atoms with E-state index in [1.54, 1.807) is 18.2 Å². The first-order valence-corrected chi connectivity index (χ1v) is 9.55. The normalized spacial score (nSPS) is 17.5. The smallest absolute Gasteiger partial charge is 0.237 e. The van der Waals surface area contributed by atoms with Crippen LogP contribution in [0.4, 0.5) is 17.1 Å². The summed E-state index contributed by atoms with van der Waals surface area (Å²) in [4.78, 5) is 26.1. The molecule has 2 amide bonds. The topological polar surface area (TPSA) is 89.4 Å². The van der Waals surface area contributed by atoms with Gasteiger partial charge in [-0.2, -0.15) is 0 Å². The monoisotopic (exact) mass is 345 g/mol. The molecule has 1 heterocycles. The van der Waals surface area contributed by atoms with Gasteiger partial charge in [-0.1, -0.05) is 58.3 Å². The fourth-order valence-corrected chi connectivity index (χ4v) is 3.50. The van der Waals surface area contributed by atoms with Crippen molar-refractivity contribution in [3.05, 3.63) is 18.2 Å². The predicted octanol–water partition coefficient (Wildman–Crippen LogP) is 4.26. The largest absolute Gasteiger partial charge is 0.399 e. The molecule has 2 rings (SSSR count). The summed E-state index contributed by atoms with van der Waals surface area (Å²) in [5, 5.41) is 0. The zero-order valence-electron chi connectivity index (χ0n) is 15.3. The van der Waals surface area contributed by atoms with E-state index in [0.717, 1.165) is 19.3 Å². The van der Waals surface area contributed by atoms with Crippen LogP contribution in [-0.4, -0.2) is 11.8 Å². The van der Waals surface area contributed by atoms with E-state index in [-0.39, 0.29) is 17.7 Å². The zero-order chi connectivity index (χ0) is 18.2. The Morgan fingerprint density at radius 3 is 2.08 bits per heavy atom. The molecule has 138 valence electrons. The maximum Gasteiger partial charge on any atom is 0.237 e. The van der Waals surface area contributed by atoms with E-state index in [0.29, 0.717) is 23.5 Å². The lowest BCUT2D eigenvalue weighted by molar-refractivity contribution is -0.122. The van der Waals surface area contributed by atoms with Crippen molar-refractivity contribution >= 4 is 28.9 Å². The number of carbonyl (C=O) groups is 2. The highest BCUT2D eigenvalue weighted by Crippen LogP contribution is 2.32. The van der Waals surface area contributed by atoms with Gasteiger partial charge in [0, 0.05) is 23.7 Å². The fraction of sp³-hybridized carbons (Fsp3) is 0.600. The maximum atomic E-state index is 12.6. The van der Waals surface area contributed by atoms with Crippen molar-refractivity contribution in [3.8, 4) is 0 Å². The van der Waals surface area contributed by atoms with Crippen LogP contribution < -0.4 is 16.4 Å². The third-order valence-corrected chi connectivity index (χ3v) is 4.87. The molecule has 1 atom stereocenters. The number of nitrogens with zero attached hydrogens (tertiary/aromatic N) is 1. The summed E-state index contributed by atoms with van der Waals surface area (Å²) in [6.45, 7) is 2.22. The van der Waals surface area contributed by atoms with Gasteiger partial charge >= 0.3 is 0 Å². The van der Waals surface area contributed by atoms with Gasteiger partial charge in [-0.25, -0.2) is 0 Å². The van der Waals surface area contributed by atoms with Gasteiger partial charge in [0.1, 0.15) is 0 Å². The highest BCUT2D eigenvalue weighted by atomic mass is 16.2. The Labute approximate surface area is 150 Å². The van der Waals surface area contributed by atoms with Gasteiger partial charge in [0.15, 0.2) is 0 Å². The van der Waals surface area contributed by atoms with Crippen LogP contribution in [0.2, 0.25) is 0 Å². The van der Waals surface area contributed by atoms with E-state index in [4.69, 9.17) is 11.5 Å². The van der Waals surface area contributed by atoms with Crippen LogP contribution in [0.3, 0.4) is 0 Å². The fourth-order valence-electron chi connectivity index (χ4n) is 3.50. The summed E-state index contributed by atoms with van der Waals surface area (Å²) in [7, 11) is 0. The van der Waals surface area contributed by atoms with Crippen LogP contribution in [-0.2, 0) is 9.59 Å². The Bertz CT molecular complexity index is 580. The number of amides is 2. The van der Waals surface area contributed by atoms with Crippen molar-refractivity contribution in [2.75, 3.05) is 16.4 Å². The Hall–Kier alpha value is -2.04. The van der Waals surface area contributed by atoms with Gasteiger partial charge in [0.2, 0.25) is 11.8 Å². The molecule has 1 unspecified atom stereocenters. The Balaban J connectivity index is 1.79. The van der Waals surface area contributed by atoms with Gasteiger partial charge in [-0.3, -0.25) is 14.5 Å². The molecule has 0 aliphatic carbocycles. The quantitative estimate of drug-likeness (QED) is 0.376. The molecule has 4 N–H and O–H groups in total. The average molecular weight is 345 g/mol. The van der Waals surface area contributed by atoms with Gasteiger partial charge in [-0.15, -0.1) is 0 Å². The first kappa shape index (κ1) is 19.3. The number of benzene rings is 1. The molecule has 1 aliphatic rings. The Morgan fingerprint density at radius 1 is 0.920 bits per heavy atom. The Kier molecular flexibility index (Phi) is 7.29. The average Bonchev–Trinajstić information content (AvgIpc) is 2.83. The number of rotatable bonds is 10. The van der Waals surface area contributed by atoms with E-state index in [2.05, 4.69) is 6.92 Å². The van der Waals surface area contributed by atoms with E-state index in [1.165, 1.54) is 43.4 Å². The van der Waals surface area contributed by atoms with Gasteiger partial charge in [0.05, 0.1) is 5.69 Å². The van der Waals surface area contributed by atoms with Crippen LogP contribution >= 0.6 is 0 Å². The second-order valence-corrected chi connectivity index (χ2v) is 7.09. The summed E-state index contributed by atoms with van der Waals surface area (Å²) in [5.41, 5.74) is 13.0. The minimum atomic E-state index is -0.199. The van der Waals surface area contributed by atoms with E-state index < -0.39 is 0 Å². The van der Waals surface area contributed by atoms with E-state index >= 15 is 0 Å². The molecule has 1 saturated heterocycles. The molecule has 1 aromatic rings. The van der Waals surface area contributed by atoms with Crippen molar-refractivity contribution in [3.63, 3.8) is 0 Å². The molecule has 1 aliphatic heterocycles. The van der Waals surface area contributed by atoms with Crippen molar-refractivity contribution < 1.29 is 9.59 Å². The van der Waals surface area contributed by atoms with Gasteiger partial charge in [0.25, 0.3) is 0 Å². The summed E-state index contributed by atoms with van der Waals surface area (Å²) in [6, 6.07) is 4.88.